The number of benzene rings is 2. The molecule has 0 atom stereocenters. The van der Waals surface area contributed by atoms with Gasteiger partial charge in [-0.3, -0.25) is 4.79 Å². The molecule has 1 amide bonds. The minimum atomic E-state index is -0.0777. The first-order valence-electron chi connectivity index (χ1n) is 8.59. The molecular formula is C22H22N2O2. The summed E-state index contributed by atoms with van der Waals surface area (Å²) in [6.07, 6.45) is 1.69. The number of hydrogen-bond acceptors (Lipinski definition) is 3. The molecule has 0 saturated carbocycles. The zero-order valence-electron chi connectivity index (χ0n) is 15.0. The standard InChI is InChI=1S/C22H22N2O2/c1-16-8-9-20(17(2)12-16)22(25)24-14-19-10-11-23-21(13-19)26-15-18-6-4-3-5-7-18/h3-13H,14-15H2,1-2H3,(H,24,25). The lowest BCUT2D eigenvalue weighted by atomic mass is 10.1. The molecule has 3 aromatic rings. The highest BCUT2D eigenvalue weighted by Gasteiger charge is 2.09. The molecular weight excluding hydrogens is 324 g/mol. The maximum Gasteiger partial charge on any atom is 0.251 e. The van der Waals surface area contributed by atoms with E-state index in [0.29, 0.717) is 24.6 Å². The van der Waals surface area contributed by atoms with Crippen molar-refractivity contribution in [2.45, 2.75) is 27.0 Å². The van der Waals surface area contributed by atoms with E-state index in [1.165, 1.54) is 0 Å². The van der Waals surface area contributed by atoms with Crippen LogP contribution in [0, 0.1) is 13.8 Å². The Labute approximate surface area is 153 Å². The van der Waals surface area contributed by atoms with Crippen LogP contribution in [0.2, 0.25) is 0 Å². The van der Waals surface area contributed by atoms with Crippen molar-refractivity contribution in [1.29, 1.82) is 0 Å². The third-order valence-electron chi connectivity index (χ3n) is 4.11. The minimum Gasteiger partial charge on any atom is -0.473 e. The molecule has 4 heteroatoms. The number of pyridine rings is 1. The highest BCUT2D eigenvalue weighted by Crippen LogP contribution is 2.13. The molecule has 0 bridgehead atoms. The van der Waals surface area contributed by atoms with E-state index >= 15 is 0 Å². The molecule has 1 heterocycles. The fraction of sp³-hybridized carbons (Fsp3) is 0.182. The molecule has 4 nitrogen and oxygen atoms in total. The maximum absolute atomic E-state index is 12.4. The van der Waals surface area contributed by atoms with E-state index in [0.717, 1.165) is 22.3 Å². The number of rotatable bonds is 6. The number of hydrogen-bond donors (Lipinski definition) is 1. The fourth-order valence-electron chi connectivity index (χ4n) is 2.72. The van der Waals surface area contributed by atoms with Crippen LogP contribution in [0.25, 0.3) is 0 Å². The highest BCUT2D eigenvalue weighted by atomic mass is 16.5. The average Bonchev–Trinajstić information content (AvgIpc) is 2.66. The predicted molar refractivity (Wildman–Crippen MR) is 102 cm³/mol. The Morgan fingerprint density at radius 2 is 1.81 bits per heavy atom. The summed E-state index contributed by atoms with van der Waals surface area (Å²) in [5.41, 5.74) is 4.85. The quantitative estimate of drug-likeness (QED) is 0.727. The van der Waals surface area contributed by atoms with E-state index < -0.39 is 0 Å². The molecule has 2 aromatic carbocycles. The van der Waals surface area contributed by atoms with Crippen LogP contribution in [-0.2, 0) is 13.2 Å². The molecule has 0 aliphatic heterocycles. The van der Waals surface area contributed by atoms with E-state index in [-0.39, 0.29) is 5.91 Å². The van der Waals surface area contributed by atoms with Crippen molar-refractivity contribution < 1.29 is 9.53 Å². The summed E-state index contributed by atoms with van der Waals surface area (Å²) in [5.74, 6) is 0.471. The van der Waals surface area contributed by atoms with Crippen molar-refractivity contribution >= 4 is 5.91 Å². The smallest absolute Gasteiger partial charge is 0.251 e. The lowest BCUT2D eigenvalue weighted by Gasteiger charge is -2.10. The summed E-state index contributed by atoms with van der Waals surface area (Å²) in [4.78, 5) is 16.6. The van der Waals surface area contributed by atoms with E-state index in [1.807, 2.05) is 74.5 Å². The van der Waals surface area contributed by atoms with Crippen molar-refractivity contribution in [1.82, 2.24) is 10.3 Å². The lowest BCUT2D eigenvalue weighted by molar-refractivity contribution is 0.0950. The molecule has 132 valence electrons. The summed E-state index contributed by atoms with van der Waals surface area (Å²) in [7, 11) is 0. The molecule has 0 aliphatic rings. The monoisotopic (exact) mass is 346 g/mol. The Balaban J connectivity index is 1.59. The van der Waals surface area contributed by atoms with Gasteiger partial charge in [-0.2, -0.15) is 0 Å². The maximum atomic E-state index is 12.4. The Morgan fingerprint density at radius 1 is 1.00 bits per heavy atom. The van der Waals surface area contributed by atoms with Crippen molar-refractivity contribution in [2.75, 3.05) is 0 Å². The second kappa shape index (κ2) is 8.30. The van der Waals surface area contributed by atoms with Gasteiger partial charge in [-0.05, 0) is 42.7 Å². The second-order valence-corrected chi connectivity index (χ2v) is 6.28. The van der Waals surface area contributed by atoms with Crippen molar-refractivity contribution in [3.63, 3.8) is 0 Å². The van der Waals surface area contributed by atoms with Crippen LogP contribution in [0.4, 0.5) is 0 Å². The van der Waals surface area contributed by atoms with Crippen molar-refractivity contribution in [2.24, 2.45) is 0 Å². The highest BCUT2D eigenvalue weighted by molar-refractivity contribution is 5.95. The number of carbonyl (C=O) groups excluding carboxylic acids is 1. The van der Waals surface area contributed by atoms with E-state index in [9.17, 15) is 4.79 Å². The number of nitrogens with zero attached hydrogens (tertiary/aromatic N) is 1. The Morgan fingerprint density at radius 3 is 2.58 bits per heavy atom. The van der Waals surface area contributed by atoms with Gasteiger partial charge >= 0.3 is 0 Å². The normalized spacial score (nSPS) is 10.4. The van der Waals surface area contributed by atoms with Crippen LogP contribution in [0.3, 0.4) is 0 Å². The van der Waals surface area contributed by atoms with Gasteiger partial charge in [0.25, 0.3) is 5.91 Å². The SMILES string of the molecule is Cc1ccc(C(=O)NCc2ccnc(OCc3ccccc3)c2)c(C)c1. The lowest BCUT2D eigenvalue weighted by Crippen LogP contribution is -2.23. The molecule has 0 unspecified atom stereocenters. The van der Waals surface area contributed by atoms with Crippen molar-refractivity contribution in [3.8, 4) is 5.88 Å². The van der Waals surface area contributed by atoms with E-state index in [2.05, 4.69) is 10.3 Å². The van der Waals surface area contributed by atoms with E-state index in [4.69, 9.17) is 4.74 Å². The third kappa shape index (κ3) is 4.70. The molecule has 26 heavy (non-hydrogen) atoms. The van der Waals surface area contributed by atoms with Gasteiger partial charge in [-0.15, -0.1) is 0 Å². The summed E-state index contributed by atoms with van der Waals surface area (Å²) in [6, 6.07) is 19.5. The van der Waals surface area contributed by atoms with Gasteiger partial charge in [-0.1, -0.05) is 48.0 Å². The molecule has 1 aromatic heterocycles. The molecule has 1 N–H and O–H groups in total. The number of nitrogens with one attached hydrogen (secondary N) is 1. The molecule has 0 radical (unpaired) electrons. The van der Waals surface area contributed by atoms with Gasteiger partial charge in [0, 0.05) is 24.4 Å². The van der Waals surface area contributed by atoms with E-state index in [1.54, 1.807) is 6.20 Å². The fourth-order valence-corrected chi connectivity index (χ4v) is 2.72. The first-order valence-corrected chi connectivity index (χ1v) is 8.59. The number of aryl methyl sites for hydroxylation is 2. The topological polar surface area (TPSA) is 51.2 Å². The third-order valence-corrected chi connectivity index (χ3v) is 4.11. The van der Waals surface area contributed by atoms with Crippen LogP contribution in [0.15, 0.2) is 66.9 Å². The van der Waals surface area contributed by atoms with Gasteiger partial charge in [0.15, 0.2) is 0 Å². The van der Waals surface area contributed by atoms with Crippen LogP contribution >= 0.6 is 0 Å². The van der Waals surface area contributed by atoms with Gasteiger partial charge in [0.2, 0.25) is 5.88 Å². The average molecular weight is 346 g/mol. The second-order valence-electron chi connectivity index (χ2n) is 6.28. The zero-order chi connectivity index (χ0) is 18.4. The number of amides is 1. The molecule has 0 aliphatic carbocycles. The largest absolute Gasteiger partial charge is 0.473 e. The summed E-state index contributed by atoms with van der Waals surface area (Å²) < 4.78 is 5.73. The predicted octanol–water partition coefficient (Wildman–Crippen LogP) is 4.21. The van der Waals surface area contributed by atoms with Crippen molar-refractivity contribution in [3.05, 3.63) is 94.7 Å². The van der Waals surface area contributed by atoms with Crippen LogP contribution in [-0.4, -0.2) is 10.9 Å². The summed E-state index contributed by atoms with van der Waals surface area (Å²) >= 11 is 0. The minimum absolute atomic E-state index is 0.0777. The zero-order valence-corrected chi connectivity index (χ0v) is 15.0. The summed E-state index contributed by atoms with van der Waals surface area (Å²) in [6.45, 7) is 4.86. The molecule has 0 fully saturated rings. The van der Waals surface area contributed by atoms with Crippen LogP contribution < -0.4 is 10.1 Å². The Bertz CT molecular complexity index is 892. The van der Waals surface area contributed by atoms with Gasteiger partial charge in [-0.25, -0.2) is 4.98 Å². The number of ether oxygens (including phenoxy) is 1. The van der Waals surface area contributed by atoms with Crippen LogP contribution in [0.1, 0.15) is 32.6 Å². The van der Waals surface area contributed by atoms with Gasteiger partial charge in [0.05, 0.1) is 0 Å². The van der Waals surface area contributed by atoms with Crippen LogP contribution in [0.5, 0.6) is 5.88 Å². The number of carbonyl (C=O) groups is 1. The Hall–Kier alpha value is -3.14. The summed E-state index contributed by atoms with van der Waals surface area (Å²) in [5, 5.41) is 2.95. The van der Waals surface area contributed by atoms with Gasteiger partial charge in [0.1, 0.15) is 6.61 Å². The molecule has 0 saturated heterocycles. The first kappa shape index (κ1) is 17.7. The first-order chi connectivity index (χ1) is 12.6. The Kier molecular flexibility index (Phi) is 5.64. The molecule has 0 spiro atoms. The van der Waals surface area contributed by atoms with Gasteiger partial charge < -0.3 is 10.1 Å². The molecule has 3 rings (SSSR count). The number of aromatic nitrogens is 1.